The molecule has 0 saturated heterocycles. The first-order valence-electron chi connectivity index (χ1n) is 13.6. The van der Waals surface area contributed by atoms with Crippen molar-refractivity contribution in [1.29, 1.82) is 0 Å². The number of nitrogens with one attached hydrogen (secondary N) is 2. The highest BCUT2D eigenvalue weighted by atomic mass is 19.1. The van der Waals surface area contributed by atoms with Crippen molar-refractivity contribution in [2.45, 2.75) is 71.2 Å². The molecule has 42 heavy (non-hydrogen) atoms. The molecule has 0 bridgehead atoms. The highest BCUT2D eigenvalue weighted by molar-refractivity contribution is 6.04. The first kappa shape index (κ1) is 29.0. The van der Waals surface area contributed by atoms with Crippen molar-refractivity contribution < 1.29 is 38.5 Å². The number of benzene rings is 1. The van der Waals surface area contributed by atoms with Gasteiger partial charge in [-0.05, 0) is 63.6 Å². The fourth-order valence-electron chi connectivity index (χ4n) is 5.15. The SMILES string of the molecule is Cc1c(-c2cc3cc(NC(=O)OC4CC(O)C4)ncc3c(NC(=O)OC(C)(C)C)c2F)cnc2c1N(C(=O)O)CCC2. The number of ether oxygens (including phenoxy) is 2. The van der Waals surface area contributed by atoms with Gasteiger partial charge in [-0.25, -0.2) is 23.8 Å². The molecule has 13 heteroatoms. The number of rotatable bonds is 4. The summed E-state index contributed by atoms with van der Waals surface area (Å²) in [7, 11) is 0. The second-order valence-electron chi connectivity index (χ2n) is 11.4. The summed E-state index contributed by atoms with van der Waals surface area (Å²) in [5, 5.41) is 24.9. The second-order valence-corrected chi connectivity index (χ2v) is 11.4. The van der Waals surface area contributed by atoms with Crippen LogP contribution in [0.25, 0.3) is 21.9 Å². The molecular formula is C29H32FN5O7. The third kappa shape index (κ3) is 5.91. The molecule has 222 valence electrons. The Morgan fingerprint density at radius 2 is 1.81 bits per heavy atom. The molecule has 2 aliphatic rings. The van der Waals surface area contributed by atoms with E-state index >= 15 is 4.39 Å². The first-order chi connectivity index (χ1) is 19.8. The summed E-state index contributed by atoms with van der Waals surface area (Å²) in [6.07, 6.45) is 1.06. The molecule has 1 aromatic carbocycles. The van der Waals surface area contributed by atoms with Crippen molar-refractivity contribution in [2.24, 2.45) is 0 Å². The largest absolute Gasteiger partial charge is 0.465 e. The van der Waals surface area contributed by atoms with Gasteiger partial charge < -0.3 is 19.7 Å². The Labute approximate surface area is 240 Å². The number of nitrogens with zero attached hydrogens (tertiary/aromatic N) is 3. The molecule has 2 aromatic heterocycles. The fourth-order valence-corrected chi connectivity index (χ4v) is 5.15. The molecule has 0 radical (unpaired) electrons. The van der Waals surface area contributed by atoms with E-state index in [-0.39, 0.29) is 29.0 Å². The molecular weight excluding hydrogens is 549 g/mol. The third-order valence-corrected chi connectivity index (χ3v) is 7.13. The van der Waals surface area contributed by atoms with Crippen molar-refractivity contribution in [1.82, 2.24) is 9.97 Å². The molecule has 5 rings (SSSR count). The van der Waals surface area contributed by atoms with E-state index in [1.165, 1.54) is 29.4 Å². The predicted molar refractivity (Wildman–Crippen MR) is 152 cm³/mol. The average molecular weight is 582 g/mol. The molecule has 3 aromatic rings. The Morgan fingerprint density at radius 3 is 2.48 bits per heavy atom. The number of aliphatic hydroxyl groups excluding tert-OH is 1. The maximum atomic E-state index is 16.3. The van der Waals surface area contributed by atoms with Crippen LogP contribution in [-0.2, 0) is 15.9 Å². The maximum absolute atomic E-state index is 16.3. The smallest absolute Gasteiger partial charge is 0.413 e. The number of carbonyl (C=O) groups excluding carboxylic acids is 2. The minimum absolute atomic E-state index is 0.0560. The summed E-state index contributed by atoms with van der Waals surface area (Å²) < 4.78 is 26.9. The first-order valence-corrected chi connectivity index (χ1v) is 13.6. The monoisotopic (exact) mass is 581 g/mol. The lowest BCUT2D eigenvalue weighted by molar-refractivity contribution is -0.0308. The number of hydrogen-bond acceptors (Lipinski definition) is 8. The van der Waals surface area contributed by atoms with Crippen molar-refractivity contribution in [2.75, 3.05) is 22.1 Å². The minimum atomic E-state index is -1.13. The van der Waals surface area contributed by atoms with Gasteiger partial charge in [-0.15, -0.1) is 0 Å². The Hall–Kier alpha value is -4.52. The summed E-state index contributed by atoms with van der Waals surface area (Å²) >= 11 is 0. The summed E-state index contributed by atoms with van der Waals surface area (Å²) in [4.78, 5) is 46.9. The standard InChI is InChI=1S/C29H32FN5O7/c1-14-19(12-31-21-6-5-7-35(25(14)21)28(39)40)18-8-15-9-22(33-26(37)41-17-10-16(36)11-17)32-13-20(15)24(23(18)30)34-27(38)42-29(2,3)4/h8-9,12-13,16-17,36H,5-7,10-11H2,1-4H3,(H,34,38)(H,39,40)(H,32,33,37). The molecule has 1 saturated carbocycles. The summed E-state index contributed by atoms with van der Waals surface area (Å²) in [5.41, 5.74) is 0.874. The van der Waals surface area contributed by atoms with Gasteiger partial charge in [-0.3, -0.25) is 20.5 Å². The van der Waals surface area contributed by atoms with E-state index < -0.39 is 41.9 Å². The summed E-state index contributed by atoms with van der Waals surface area (Å²) in [6, 6.07) is 3.02. The lowest BCUT2D eigenvalue weighted by Gasteiger charge is -2.30. The van der Waals surface area contributed by atoms with Crippen LogP contribution < -0.4 is 15.5 Å². The Kier molecular flexibility index (Phi) is 7.62. The van der Waals surface area contributed by atoms with E-state index in [1.807, 2.05) is 0 Å². The van der Waals surface area contributed by atoms with Gasteiger partial charge in [-0.1, -0.05) is 0 Å². The van der Waals surface area contributed by atoms with E-state index in [0.717, 1.165) is 0 Å². The molecule has 4 N–H and O–H groups in total. The van der Waals surface area contributed by atoms with Crippen molar-refractivity contribution in [3.63, 3.8) is 0 Å². The average Bonchev–Trinajstić information content (AvgIpc) is 2.88. The number of aromatic nitrogens is 2. The topological polar surface area (TPSA) is 163 Å². The fraction of sp³-hybridized carbons (Fsp3) is 0.414. The number of amides is 3. The highest BCUT2D eigenvalue weighted by Crippen LogP contribution is 2.41. The summed E-state index contributed by atoms with van der Waals surface area (Å²) in [6.45, 7) is 7.02. The van der Waals surface area contributed by atoms with Crippen LogP contribution in [0.3, 0.4) is 0 Å². The van der Waals surface area contributed by atoms with E-state index in [1.54, 1.807) is 27.7 Å². The lowest BCUT2D eigenvalue weighted by atomic mass is 9.92. The van der Waals surface area contributed by atoms with Gasteiger partial charge in [0.15, 0.2) is 5.82 Å². The lowest BCUT2D eigenvalue weighted by Crippen LogP contribution is -2.37. The van der Waals surface area contributed by atoms with Gasteiger partial charge in [0.05, 0.1) is 23.2 Å². The Bertz CT molecular complexity index is 1580. The molecule has 0 unspecified atom stereocenters. The number of hydrogen-bond donors (Lipinski definition) is 4. The molecule has 3 amide bonds. The predicted octanol–water partition coefficient (Wildman–Crippen LogP) is 5.59. The van der Waals surface area contributed by atoms with Crippen molar-refractivity contribution >= 4 is 46.2 Å². The van der Waals surface area contributed by atoms with Gasteiger partial charge in [0.2, 0.25) is 0 Å². The van der Waals surface area contributed by atoms with Gasteiger partial charge in [0, 0.05) is 48.3 Å². The van der Waals surface area contributed by atoms with Crippen LogP contribution in [0.4, 0.5) is 36.0 Å². The molecule has 1 aliphatic heterocycles. The minimum Gasteiger partial charge on any atom is -0.465 e. The number of pyridine rings is 2. The van der Waals surface area contributed by atoms with Crippen LogP contribution in [0.15, 0.2) is 24.5 Å². The van der Waals surface area contributed by atoms with Crippen LogP contribution in [-0.4, -0.2) is 62.8 Å². The van der Waals surface area contributed by atoms with Gasteiger partial charge in [0.1, 0.15) is 17.5 Å². The Morgan fingerprint density at radius 1 is 1.07 bits per heavy atom. The molecule has 0 atom stereocenters. The zero-order valence-electron chi connectivity index (χ0n) is 23.7. The van der Waals surface area contributed by atoms with Crippen molar-refractivity contribution in [3.8, 4) is 11.1 Å². The zero-order chi connectivity index (χ0) is 30.3. The van der Waals surface area contributed by atoms with Crippen molar-refractivity contribution in [3.05, 3.63) is 41.6 Å². The van der Waals surface area contributed by atoms with Crippen LogP contribution in [0.2, 0.25) is 0 Å². The zero-order valence-corrected chi connectivity index (χ0v) is 23.7. The number of aryl methyl sites for hydroxylation is 1. The Balaban J connectivity index is 1.59. The third-order valence-electron chi connectivity index (χ3n) is 7.13. The van der Waals surface area contributed by atoms with Crippen LogP contribution >= 0.6 is 0 Å². The molecule has 1 fully saturated rings. The summed E-state index contributed by atoms with van der Waals surface area (Å²) in [5.74, 6) is -0.674. The van der Waals surface area contributed by atoms with E-state index in [2.05, 4.69) is 20.6 Å². The number of carbonyl (C=O) groups is 3. The van der Waals surface area contributed by atoms with Gasteiger partial charge in [0.25, 0.3) is 0 Å². The quantitative estimate of drug-likeness (QED) is 0.307. The van der Waals surface area contributed by atoms with Crippen LogP contribution in [0, 0.1) is 12.7 Å². The normalized spacial score (nSPS) is 18.1. The number of halogens is 1. The van der Waals surface area contributed by atoms with E-state index in [0.29, 0.717) is 53.6 Å². The number of anilines is 3. The van der Waals surface area contributed by atoms with E-state index in [4.69, 9.17) is 9.47 Å². The molecule has 0 spiro atoms. The van der Waals surface area contributed by atoms with E-state index in [9.17, 15) is 24.6 Å². The van der Waals surface area contributed by atoms with Gasteiger partial charge in [-0.2, -0.15) is 0 Å². The van der Waals surface area contributed by atoms with Crippen LogP contribution in [0.5, 0.6) is 0 Å². The number of fused-ring (bicyclic) bond motifs is 2. The molecule has 12 nitrogen and oxygen atoms in total. The highest BCUT2D eigenvalue weighted by Gasteiger charge is 2.31. The van der Waals surface area contributed by atoms with Crippen LogP contribution in [0.1, 0.15) is 51.3 Å². The second kappa shape index (κ2) is 11.0. The molecule has 1 aliphatic carbocycles. The molecule has 3 heterocycles. The van der Waals surface area contributed by atoms with Gasteiger partial charge >= 0.3 is 18.3 Å². The maximum Gasteiger partial charge on any atom is 0.413 e. The number of carboxylic acid groups (broad SMARTS) is 1. The number of aliphatic hydroxyl groups is 1.